The smallest absolute Gasteiger partial charge is 0.195 e. The Bertz CT molecular complexity index is 224. The minimum Gasteiger partial charge on any atom is -0.314 e. The van der Waals surface area contributed by atoms with E-state index in [4.69, 9.17) is 0 Å². The topological polar surface area (TPSA) is 36.8 Å². The van der Waals surface area contributed by atoms with E-state index in [1.54, 1.807) is 0 Å². The summed E-state index contributed by atoms with van der Waals surface area (Å²) >= 11 is 0. The largest absolute Gasteiger partial charge is 0.314 e. The van der Waals surface area contributed by atoms with Gasteiger partial charge in [-0.2, -0.15) is 10.2 Å². The van der Waals surface area contributed by atoms with Crippen LogP contribution in [0.25, 0.3) is 0 Å². The minimum atomic E-state index is 0.0975. The summed E-state index contributed by atoms with van der Waals surface area (Å²) in [7, 11) is 0. The van der Waals surface area contributed by atoms with Gasteiger partial charge in [0, 0.05) is 12.0 Å². The van der Waals surface area contributed by atoms with Gasteiger partial charge in [-0.1, -0.05) is 6.42 Å². The van der Waals surface area contributed by atoms with Crippen LogP contribution in [0.2, 0.25) is 0 Å². The summed E-state index contributed by atoms with van der Waals surface area (Å²) in [6.07, 6.45) is 7.96. The van der Waals surface area contributed by atoms with Crippen molar-refractivity contribution in [3.63, 3.8) is 0 Å². The number of hydrogen-bond acceptors (Lipinski definition) is 3. The lowest BCUT2D eigenvalue weighted by atomic mass is 9.77. The molecule has 1 saturated heterocycles. The van der Waals surface area contributed by atoms with Crippen molar-refractivity contribution in [2.75, 3.05) is 6.54 Å². The Morgan fingerprint density at radius 1 is 1.08 bits per heavy atom. The Balaban J connectivity index is 1.73. The average Bonchev–Trinajstić information content (AvgIpc) is 2.73. The van der Waals surface area contributed by atoms with Crippen molar-refractivity contribution in [1.29, 1.82) is 0 Å². The van der Waals surface area contributed by atoms with Crippen LogP contribution >= 0.6 is 0 Å². The predicted octanol–water partition coefficient (Wildman–Crippen LogP) is 2.09. The summed E-state index contributed by atoms with van der Waals surface area (Å²) < 4.78 is 0. The summed E-state index contributed by atoms with van der Waals surface area (Å²) in [5.41, 5.74) is 0.0975. The van der Waals surface area contributed by atoms with Crippen LogP contribution in [0.1, 0.15) is 38.5 Å². The first kappa shape index (κ1) is 7.92. The van der Waals surface area contributed by atoms with Crippen LogP contribution in [0.3, 0.4) is 0 Å². The maximum atomic E-state index is 4.30. The van der Waals surface area contributed by atoms with Gasteiger partial charge in [0.2, 0.25) is 0 Å². The van der Waals surface area contributed by atoms with Gasteiger partial charge in [0.1, 0.15) is 0 Å². The predicted molar refractivity (Wildman–Crippen MR) is 50.6 cm³/mol. The number of hydrogen-bond donors (Lipinski definition) is 1. The van der Waals surface area contributed by atoms with E-state index in [0.717, 1.165) is 12.0 Å². The van der Waals surface area contributed by atoms with Gasteiger partial charge < -0.3 is 5.32 Å². The fourth-order valence-corrected chi connectivity index (χ4v) is 3.06. The molecule has 1 spiro atoms. The van der Waals surface area contributed by atoms with Gasteiger partial charge in [0.05, 0.1) is 0 Å². The molecule has 1 saturated carbocycles. The molecule has 0 radical (unpaired) electrons. The van der Waals surface area contributed by atoms with E-state index in [1.165, 1.54) is 45.1 Å². The molecule has 1 N–H and O–H groups in total. The van der Waals surface area contributed by atoms with E-state index < -0.39 is 0 Å². The Kier molecular flexibility index (Phi) is 1.69. The van der Waals surface area contributed by atoms with Gasteiger partial charge in [-0.15, -0.1) is 0 Å². The van der Waals surface area contributed by atoms with Crippen LogP contribution in [0.15, 0.2) is 10.2 Å². The van der Waals surface area contributed by atoms with Crippen molar-refractivity contribution in [2.45, 2.75) is 50.2 Å². The van der Waals surface area contributed by atoms with E-state index in [2.05, 4.69) is 15.5 Å². The lowest BCUT2D eigenvalue weighted by Gasteiger charge is -2.32. The highest BCUT2D eigenvalue weighted by atomic mass is 15.4. The standard InChI is InChI=1S/C10H17N3/c1-2-6-10(12-13-10)8(4-1)9-5-3-7-11-9/h8-9,11H,1-7H2. The van der Waals surface area contributed by atoms with E-state index in [9.17, 15) is 0 Å². The zero-order valence-corrected chi connectivity index (χ0v) is 8.00. The van der Waals surface area contributed by atoms with E-state index >= 15 is 0 Å². The van der Waals surface area contributed by atoms with Crippen LogP contribution in [0.5, 0.6) is 0 Å². The first-order valence-electron chi connectivity index (χ1n) is 5.58. The van der Waals surface area contributed by atoms with Crippen molar-refractivity contribution in [3.8, 4) is 0 Å². The van der Waals surface area contributed by atoms with Gasteiger partial charge >= 0.3 is 0 Å². The van der Waals surface area contributed by atoms with Crippen LogP contribution < -0.4 is 5.32 Å². The maximum absolute atomic E-state index is 4.30. The number of nitrogens with one attached hydrogen (secondary N) is 1. The lowest BCUT2D eigenvalue weighted by Crippen LogP contribution is -2.42. The summed E-state index contributed by atoms with van der Waals surface area (Å²) in [4.78, 5) is 0. The Labute approximate surface area is 79.0 Å². The molecule has 0 bridgehead atoms. The highest BCUT2D eigenvalue weighted by molar-refractivity contribution is 5.06. The SMILES string of the molecule is C1CNC(C2CCCCC23N=N3)C1. The fraction of sp³-hybridized carbons (Fsp3) is 1.00. The molecule has 72 valence electrons. The molecule has 2 heterocycles. The first-order chi connectivity index (χ1) is 6.41. The second-order valence-corrected chi connectivity index (χ2v) is 4.63. The molecule has 0 aromatic carbocycles. The molecule has 2 aliphatic heterocycles. The molecule has 0 aromatic rings. The van der Waals surface area contributed by atoms with E-state index in [1.807, 2.05) is 0 Å². The highest BCUT2D eigenvalue weighted by Crippen LogP contribution is 2.49. The monoisotopic (exact) mass is 179 g/mol. The maximum Gasteiger partial charge on any atom is 0.195 e. The molecule has 13 heavy (non-hydrogen) atoms. The van der Waals surface area contributed by atoms with Crippen LogP contribution in [-0.2, 0) is 0 Å². The van der Waals surface area contributed by atoms with Gasteiger partial charge in [-0.3, -0.25) is 0 Å². The molecular formula is C10H17N3. The van der Waals surface area contributed by atoms with Crippen LogP contribution in [0.4, 0.5) is 0 Å². The Morgan fingerprint density at radius 3 is 2.69 bits per heavy atom. The van der Waals surface area contributed by atoms with Crippen LogP contribution in [-0.4, -0.2) is 18.2 Å². The molecule has 1 aliphatic carbocycles. The van der Waals surface area contributed by atoms with E-state index in [0.29, 0.717) is 0 Å². The van der Waals surface area contributed by atoms with Gasteiger partial charge in [0.25, 0.3) is 0 Å². The van der Waals surface area contributed by atoms with Gasteiger partial charge in [-0.25, -0.2) is 0 Å². The van der Waals surface area contributed by atoms with Crippen LogP contribution in [0, 0.1) is 5.92 Å². The first-order valence-corrected chi connectivity index (χ1v) is 5.58. The fourth-order valence-electron chi connectivity index (χ4n) is 3.06. The van der Waals surface area contributed by atoms with Crippen molar-refractivity contribution in [1.82, 2.24) is 5.32 Å². The van der Waals surface area contributed by atoms with Gasteiger partial charge in [-0.05, 0) is 38.6 Å². The molecule has 2 fully saturated rings. The summed E-state index contributed by atoms with van der Waals surface area (Å²) in [6.45, 7) is 1.21. The zero-order valence-electron chi connectivity index (χ0n) is 8.00. The third-order valence-corrected chi connectivity index (χ3v) is 3.84. The summed E-state index contributed by atoms with van der Waals surface area (Å²) in [5.74, 6) is 0.726. The summed E-state index contributed by atoms with van der Waals surface area (Å²) in [6, 6.07) is 0.718. The molecule has 2 unspecified atom stereocenters. The minimum absolute atomic E-state index is 0.0975. The quantitative estimate of drug-likeness (QED) is 0.657. The Morgan fingerprint density at radius 2 is 2.00 bits per heavy atom. The molecule has 2 atom stereocenters. The average molecular weight is 179 g/mol. The molecule has 3 nitrogen and oxygen atoms in total. The molecule has 3 heteroatoms. The van der Waals surface area contributed by atoms with Crippen molar-refractivity contribution in [3.05, 3.63) is 0 Å². The Hall–Kier alpha value is -0.440. The third-order valence-electron chi connectivity index (χ3n) is 3.84. The molecular weight excluding hydrogens is 162 g/mol. The number of nitrogens with zero attached hydrogens (tertiary/aromatic N) is 2. The van der Waals surface area contributed by atoms with Crippen molar-refractivity contribution in [2.24, 2.45) is 16.1 Å². The molecule has 0 amide bonds. The summed E-state index contributed by atoms with van der Waals surface area (Å²) in [5, 5.41) is 12.2. The van der Waals surface area contributed by atoms with Gasteiger partial charge in [0.15, 0.2) is 5.66 Å². The van der Waals surface area contributed by atoms with Crippen molar-refractivity contribution < 1.29 is 0 Å². The van der Waals surface area contributed by atoms with Crippen molar-refractivity contribution >= 4 is 0 Å². The number of rotatable bonds is 1. The molecule has 3 rings (SSSR count). The van der Waals surface area contributed by atoms with E-state index in [-0.39, 0.29) is 5.66 Å². The third kappa shape index (κ3) is 1.21. The second-order valence-electron chi connectivity index (χ2n) is 4.63. The normalized spacial score (nSPS) is 41.2. The second kappa shape index (κ2) is 2.77. The molecule has 0 aromatic heterocycles. The lowest BCUT2D eigenvalue weighted by molar-refractivity contribution is 0.215. The molecule has 3 aliphatic rings. The highest BCUT2D eigenvalue weighted by Gasteiger charge is 2.52. The zero-order chi connectivity index (χ0) is 8.73.